The zero-order valence-electron chi connectivity index (χ0n) is 12.6. The van der Waals surface area contributed by atoms with Crippen molar-refractivity contribution in [3.05, 3.63) is 64.5 Å². The molecule has 0 aliphatic carbocycles. The van der Waals surface area contributed by atoms with Crippen molar-refractivity contribution in [2.45, 2.75) is 26.7 Å². The molecule has 110 valence electrons. The lowest BCUT2D eigenvalue weighted by Gasteiger charge is -2.09. The van der Waals surface area contributed by atoms with E-state index in [4.69, 9.17) is 4.74 Å². The summed E-state index contributed by atoms with van der Waals surface area (Å²) in [4.78, 5) is 12.2. The van der Waals surface area contributed by atoms with Gasteiger partial charge in [-0.05, 0) is 36.6 Å². The molecule has 0 saturated carbocycles. The number of methoxy groups -OCH3 is 1. The molecule has 3 heteroatoms. The molecule has 0 atom stereocenters. The molecule has 0 N–H and O–H groups in total. The van der Waals surface area contributed by atoms with Crippen molar-refractivity contribution in [3.63, 3.8) is 0 Å². The van der Waals surface area contributed by atoms with Crippen molar-refractivity contribution in [3.8, 4) is 5.75 Å². The molecule has 0 aromatic heterocycles. The molecule has 0 radical (unpaired) electrons. The molecule has 0 bridgehead atoms. The molecule has 0 amide bonds. The van der Waals surface area contributed by atoms with Gasteiger partial charge in [-0.1, -0.05) is 35.9 Å². The maximum atomic E-state index is 14.0. The number of rotatable bonds is 5. The van der Waals surface area contributed by atoms with Gasteiger partial charge in [0.15, 0.2) is 11.6 Å². The molecule has 2 aromatic carbocycles. The number of Topliss-reactive ketones (excluding diaryl/α,β-unsaturated/α-hetero) is 1. The number of carbonyl (C=O) groups is 1. The quantitative estimate of drug-likeness (QED) is 0.835. The van der Waals surface area contributed by atoms with E-state index < -0.39 is 5.82 Å². The van der Waals surface area contributed by atoms with E-state index in [0.717, 1.165) is 16.7 Å². The molecular formula is C18H19FO2. The standard InChI is InChI=1S/C18H19FO2/c1-12-7-8-13(2)15(9-12)11-16(20)10-14-5-4-6-17(21-3)18(14)19/h4-9H,10-11H2,1-3H3. The number of carbonyl (C=O) groups excluding carboxylic acids is 1. The third kappa shape index (κ3) is 3.69. The summed E-state index contributed by atoms with van der Waals surface area (Å²) in [5.41, 5.74) is 3.59. The zero-order valence-corrected chi connectivity index (χ0v) is 12.6. The number of ketones is 1. The molecular weight excluding hydrogens is 267 g/mol. The molecule has 0 fully saturated rings. The summed E-state index contributed by atoms with van der Waals surface area (Å²) in [6.45, 7) is 3.98. The van der Waals surface area contributed by atoms with Crippen LogP contribution in [0.15, 0.2) is 36.4 Å². The first-order valence-corrected chi connectivity index (χ1v) is 6.90. The summed E-state index contributed by atoms with van der Waals surface area (Å²) in [5.74, 6) is -0.280. The Kier molecular flexibility index (Phi) is 4.73. The van der Waals surface area contributed by atoms with E-state index in [1.807, 2.05) is 32.0 Å². The Morgan fingerprint density at radius 2 is 1.81 bits per heavy atom. The van der Waals surface area contributed by atoms with Gasteiger partial charge in [0.25, 0.3) is 0 Å². The first-order chi connectivity index (χ1) is 10.0. The van der Waals surface area contributed by atoms with E-state index in [-0.39, 0.29) is 18.0 Å². The Labute approximate surface area is 124 Å². The van der Waals surface area contributed by atoms with Gasteiger partial charge in [0, 0.05) is 12.8 Å². The van der Waals surface area contributed by atoms with Crippen molar-refractivity contribution >= 4 is 5.78 Å². The minimum atomic E-state index is -0.450. The minimum absolute atomic E-state index is 0.00384. The van der Waals surface area contributed by atoms with Crippen molar-refractivity contribution in [1.29, 1.82) is 0 Å². The van der Waals surface area contributed by atoms with Crippen LogP contribution in [0.1, 0.15) is 22.3 Å². The maximum Gasteiger partial charge on any atom is 0.168 e. The second-order valence-electron chi connectivity index (χ2n) is 5.26. The largest absolute Gasteiger partial charge is 0.494 e. The number of halogens is 1. The van der Waals surface area contributed by atoms with Gasteiger partial charge in [0.2, 0.25) is 0 Å². The van der Waals surface area contributed by atoms with Crippen molar-refractivity contribution < 1.29 is 13.9 Å². The van der Waals surface area contributed by atoms with Crippen molar-refractivity contribution in [2.24, 2.45) is 0 Å². The highest BCUT2D eigenvalue weighted by Gasteiger charge is 2.13. The van der Waals surface area contributed by atoms with Gasteiger partial charge in [0.05, 0.1) is 7.11 Å². The molecule has 0 unspecified atom stereocenters. The molecule has 2 aromatic rings. The summed E-state index contributed by atoms with van der Waals surface area (Å²) in [6.07, 6.45) is 0.403. The van der Waals surface area contributed by atoms with E-state index in [1.54, 1.807) is 18.2 Å². The monoisotopic (exact) mass is 286 g/mol. The predicted octanol–water partition coefficient (Wildman–Crippen LogP) is 3.81. The fourth-order valence-electron chi connectivity index (χ4n) is 2.33. The Morgan fingerprint density at radius 3 is 2.52 bits per heavy atom. The summed E-state index contributed by atoms with van der Waals surface area (Å²) >= 11 is 0. The van der Waals surface area contributed by atoms with E-state index in [9.17, 15) is 9.18 Å². The Balaban J connectivity index is 2.14. The van der Waals surface area contributed by atoms with Crippen LogP contribution in [0, 0.1) is 19.7 Å². The molecule has 2 nitrogen and oxygen atoms in total. The summed E-state index contributed by atoms with van der Waals surface area (Å²) in [5, 5.41) is 0. The second-order valence-corrected chi connectivity index (χ2v) is 5.26. The van der Waals surface area contributed by atoms with Gasteiger partial charge < -0.3 is 4.74 Å². The van der Waals surface area contributed by atoms with Gasteiger partial charge in [0.1, 0.15) is 5.78 Å². The highest BCUT2D eigenvalue weighted by Crippen LogP contribution is 2.21. The SMILES string of the molecule is COc1cccc(CC(=O)Cc2cc(C)ccc2C)c1F. The van der Waals surface area contributed by atoms with E-state index in [2.05, 4.69) is 0 Å². The number of benzene rings is 2. The first kappa shape index (κ1) is 15.2. The predicted molar refractivity (Wildman–Crippen MR) is 81.3 cm³/mol. The number of aryl methyl sites for hydroxylation is 2. The van der Waals surface area contributed by atoms with Crippen LogP contribution in [-0.2, 0) is 17.6 Å². The summed E-state index contributed by atoms with van der Waals surface area (Å²) in [6, 6.07) is 10.9. The van der Waals surface area contributed by atoms with Crippen LogP contribution in [0.4, 0.5) is 4.39 Å². The topological polar surface area (TPSA) is 26.3 Å². The van der Waals surface area contributed by atoms with Crippen LogP contribution < -0.4 is 4.74 Å². The Hall–Kier alpha value is -2.16. The van der Waals surface area contributed by atoms with Crippen LogP contribution in [0.25, 0.3) is 0 Å². The highest BCUT2D eigenvalue weighted by molar-refractivity contribution is 5.83. The maximum absolute atomic E-state index is 14.0. The van der Waals surface area contributed by atoms with Crippen LogP contribution >= 0.6 is 0 Å². The lowest BCUT2D eigenvalue weighted by atomic mass is 9.97. The van der Waals surface area contributed by atoms with Crippen molar-refractivity contribution in [2.75, 3.05) is 7.11 Å². The normalized spacial score (nSPS) is 10.5. The third-order valence-corrected chi connectivity index (χ3v) is 3.54. The van der Waals surface area contributed by atoms with Gasteiger partial charge in [-0.15, -0.1) is 0 Å². The molecule has 0 heterocycles. The highest BCUT2D eigenvalue weighted by atomic mass is 19.1. The fourth-order valence-corrected chi connectivity index (χ4v) is 2.33. The van der Waals surface area contributed by atoms with Gasteiger partial charge in [-0.3, -0.25) is 4.79 Å². The van der Waals surface area contributed by atoms with E-state index >= 15 is 0 Å². The second kappa shape index (κ2) is 6.53. The molecule has 2 rings (SSSR count). The third-order valence-electron chi connectivity index (χ3n) is 3.54. The average Bonchev–Trinajstić information content (AvgIpc) is 2.45. The minimum Gasteiger partial charge on any atom is -0.494 e. The van der Waals surface area contributed by atoms with Crippen LogP contribution in [0.5, 0.6) is 5.75 Å². The Morgan fingerprint density at radius 1 is 1.10 bits per heavy atom. The number of hydrogen-bond acceptors (Lipinski definition) is 2. The smallest absolute Gasteiger partial charge is 0.168 e. The van der Waals surface area contributed by atoms with Gasteiger partial charge in [-0.25, -0.2) is 4.39 Å². The average molecular weight is 286 g/mol. The van der Waals surface area contributed by atoms with Crippen LogP contribution in [0.2, 0.25) is 0 Å². The van der Waals surface area contributed by atoms with E-state index in [0.29, 0.717) is 12.0 Å². The summed E-state index contributed by atoms with van der Waals surface area (Å²) in [7, 11) is 1.42. The lowest BCUT2D eigenvalue weighted by molar-refractivity contribution is -0.117. The molecule has 0 saturated heterocycles. The van der Waals surface area contributed by atoms with Crippen LogP contribution in [-0.4, -0.2) is 12.9 Å². The van der Waals surface area contributed by atoms with Crippen LogP contribution in [0.3, 0.4) is 0 Å². The Bertz CT molecular complexity index is 662. The van der Waals surface area contributed by atoms with E-state index in [1.165, 1.54) is 7.11 Å². The first-order valence-electron chi connectivity index (χ1n) is 6.90. The molecule has 0 aliphatic heterocycles. The number of ether oxygens (including phenoxy) is 1. The number of hydrogen-bond donors (Lipinski definition) is 0. The summed E-state index contributed by atoms with van der Waals surface area (Å²) < 4.78 is 19.0. The van der Waals surface area contributed by atoms with Crippen molar-refractivity contribution in [1.82, 2.24) is 0 Å². The molecule has 0 spiro atoms. The van der Waals surface area contributed by atoms with Gasteiger partial charge >= 0.3 is 0 Å². The molecule has 21 heavy (non-hydrogen) atoms. The zero-order chi connectivity index (χ0) is 15.4. The lowest BCUT2D eigenvalue weighted by Crippen LogP contribution is -2.09. The molecule has 0 aliphatic rings. The fraction of sp³-hybridized carbons (Fsp3) is 0.278. The van der Waals surface area contributed by atoms with Gasteiger partial charge in [-0.2, -0.15) is 0 Å².